The highest BCUT2D eigenvalue weighted by molar-refractivity contribution is 6.30. The maximum absolute atomic E-state index is 5.84. The third-order valence-electron chi connectivity index (χ3n) is 2.98. The lowest BCUT2D eigenvalue weighted by Gasteiger charge is -2.16. The Morgan fingerprint density at radius 1 is 1.29 bits per heavy atom. The maximum Gasteiger partial charge on any atom is 0.246 e. The highest BCUT2D eigenvalue weighted by atomic mass is 35.5. The summed E-state index contributed by atoms with van der Waals surface area (Å²) in [5.41, 5.74) is 0.948. The van der Waals surface area contributed by atoms with Crippen molar-refractivity contribution in [1.82, 2.24) is 10.1 Å². The zero-order chi connectivity index (χ0) is 15.2. The minimum Gasteiger partial charge on any atom is -0.376 e. The van der Waals surface area contributed by atoms with Gasteiger partial charge in [-0.2, -0.15) is 4.98 Å². The van der Waals surface area contributed by atoms with Crippen molar-refractivity contribution in [3.63, 3.8) is 0 Å². The molecule has 0 fully saturated rings. The van der Waals surface area contributed by atoms with Crippen LogP contribution in [0, 0.1) is 5.92 Å². The molecule has 0 saturated heterocycles. The largest absolute Gasteiger partial charge is 0.376 e. The molecule has 114 valence electrons. The van der Waals surface area contributed by atoms with Gasteiger partial charge in [0.15, 0.2) is 0 Å². The van der Waals surface area contributed by atoms with Crippen molar-refractivity contribution in [3.8, 4) is 0 Å². The van der Waals surface area contributed by atoms with Crippen molar-refractivity contribution >= 4 is 17.3 Å². The predicted molar refractivity (Wildman–Crippen MR) is 82.3 cm³/mol. The summed E-state index contributed by atoms with van der Waals surface area (Å²) in [7, 11) is 0. The van der Waals surface area contributed by atoms with Gasteiger partial charge in [-0.25, -0.2) is 0 Å². The fraction of sp³-hybridized carbons (Fsp3) is 0.467. The molecule has 0 amide bonds. The molecule has 0 aliphatic rings. The number of benzene rings is 1. The van der Waals surface area contributed by atoms with E-state index < -0.39 is 0 Å². The van der Waals surface area contributed by atoms with Gasteiger partial charge in [0.1, 0.15) is 6.10 Å². The van der Waals surface area contributed by atoms with E-state index >= 15 is 0 Å². The van der Waals surface area contributed by atoms with Gasteiger partial charge in [-0.15, -0.1) is 0 Å². The second-order valence-corrected chi connectivity index (χ2v) is 5.46. The molecule has 1 unspecified atom stereocenters. The molecule has 0 radical (unpaired) electrons. The molecule has 0 spiro atoms. The molecular weight excluding hydrogens is 290 g/mol. The lowest BCUT2D eigenvalue weighted by molar-refractivity contribution is 0.0217. The lowest BCUT2D eigenvalue weighted by atomic mass is 10.1. The van der Waals surface area contributed by atoms with Crippen LogP contribution in [0.5, 0.6) is 0 Å². The molecule has 1 aromatic carbocycles. The van der Waals surface area contributed by atoms with E-state index in [0.717, 1.165) is 5.69 Å². The molecular formula is C15H20ClN3O2. The topological polar surface area (TPSA) is 60.2 Å². The number of nitrogens with one attached hydrogen (secondary N) is 1. The van der Waals surface area contributed by atoms with E-state index in [1.54, 1.807) is 0 Å². The molecule has 2 aromatic rings. The second kappa shape index (κ2) is 7.43. The Labute approximate surface area is 129 Å². The van der Waals surface area contributed by atoms with Crippen molar-refractivity contribution in [1.29, 1.82) is 0 Å². The Bertz CT molecular complexity index is 554. The quantitative estimate of drug-likeness (QED) is 0.835. The van der Waals surface area contributed by atoms with Crippen LogP contribution in [0.3, 0.4) is 0 Å². The van der Waals surface area contributed by atoms with Crippen LogP contribution < -0.4 is 5.32 Å². The number of aromatic nitrogens is 2. The first-order valence-corrected chi connectivity index (χ1v) is 7.41. The smallest absolute Gasteiger partial charge is 0.246 e. The van der Waals surface area contributed by atoms with E-state index in [1.807, 2.05) is 31.2 Å². The van der Waals surface area contributed by atoms with Crippen LogP contribution in [0.1, 0.15) is 38.6 Å². The molecule has 2 rings (SSSR count). The third kappa shape index (κ3) is 4.44. The summed E-state index contributed by atoms with van der Waals surface area (Å²) < 4.78 is 10.9. The van der Waals surface area contributed by atoms with Crippen LogP contribution in [-0.2, 0) is 11.3 Å². The highest BCUT2D eigenvalue weighted by Crippen LogP contribution is 2.23. The number of ether oxygens (including phenoxy) is 1. The van der Waals surface area contributed by atoms with Gasteiger partial charge in [-0.05, 0) is 37.1 Å². The highest BCUT2D eigenvalue weighted by Gasteiger charge is 2.21. The van der Waals surface area contributed by atoms with Crippen LogP contribution in [0.4, 0.5) is 5.69 Å². The van der Waals surface area contributed by atoms with Crippen molar-refractivity contribution in [2.45, 2.75) is 33.4 Å². The first-order valence-electron chi connectivity index (χ1n) is 7.03. The normalized spacial score (nSPS) is 12.6. The van der Waals surface area contributed by atoms with E-state index in [2.05, 4.69) is 29.3 Å². The minimum absolute atomic E-state index is 0.136. The Balaban J connectivity index is 1.97. The van der Waals surface area contributed by atoms with Gasteiger partial charge in [0.25, 0.3) is 0 Å². The van der Waals surface area contributed by atoms with Gasteiger partial charge < -0.3 is 14.6 Å². The average molecular weight is 310 g/mol. The Morgan fingerprint density at radius 3 is 2.62 bits per heavy atom. The third-order valence-corrected chi connectivity index (χ3v) is 3.23. The van der Waals surface area contributed by atoms with Crippen LogP contribution in [0.25, 0.3) is 0 Å². The van der Waals surface area contributed by atoms with E-state index in [1.165, 1.54) is 0 Å². The molecule has 0 saturated carbocycles. The fourth-order valence-corrected chi connectivity index (χ4v) is 2.07. The number of hydrogen-bond acceptors (Lipinski definition) is 5. The summed E-state index contributed by atoms with van der Waals surface area (Å²) in [5, 5.41) is 7.92. The number of anilines is 1. The SMILES string of the molecule is CCOC(c1noc(CNc2ccc(Cl)cc2)n1)C(C)C. The van der Waals surface area contributed by atoms with E-state index in [9.17, 15) is 0 Å². The van der Waals surface area contributed by atoms with Gasteiger partial charge in [-0.1, -0.05) is 30.6 Å². The zero-order valence-electron chi connectivity index (χ0n) is 12.5. The van der Waals surface area contributed by atoms with Crippen LogP contribution in [-0.4, -0.2) is 16.7 Å². The van der Waals surface area contributed by atoms with Crippen molar-refractivity contribution in [3.05, 3.63) is 41.0 Å². The summed E-state index contributed by atoms with van der Waals surface area (Å²) >= 11 is 5.84. The van der Waals surface area contributed by atoms with Crippen LogP contribution >= 0.6 is 11.6 Å². The van der Waals surface area contributed by atoms with Gasteiger partial charge >= 0.3 is 0 Å². The molecule has 6 heteroatoms. The van der Waals surface area contributed by atoms with Gasteiger partial charge in [0, 0.05) is 17.3 Å². The average Bonchev–Trinajstić information content (AvgIpc) is 2.92. The lowest BCUT2D eigenvalue weighted by Crippen LogP contribution is -2.13. The van der Waals surface area contributed by atoms with Crippen LogP contribution in [0.2, 0.25) is 5.02 Å². The summed E-state index contributed by atoms with van der Waals surface area (Å²) in [6.07, 6.45) is -0.136. The van der Waals surface area contributed by atoms with Crippen LogP contribution in [0.15, 0.2) is 28.8 Å². The molecule has 0 bridgehead atoms. The second-order valence-electron chi connectivity index (χ2n) is 5.03. The summed E-state index contributed by atoms with van der Waals surface area (Å²) in [4.78, 5) is 4.39. The van der Waals surface area contributed by atoms with E-state index in [0.29, 0.717) is 35.8 Å². The Morgan fingerprint density at radius 2 is 2.00 bits per heavy atom. The maximum atomic E-state index is 5.84. The summed E-state index contributed by atoms with van der Waals surface area (Å²) in [5.74, 6) is 1.42. The first-order chi connectivity index (χ1) is 10.1. The van der Waals surface area contributed by atoms with Crippen molar-refractivity contribution in [2.24, 2.45) is 5.92 Å². The first kappa shape index (κ1) is 15.8. The van der Waals surface area contributed by atoms with E-state index in [-0.39, 0.29) is 6.10 Å². The standard InChI is InChI=1S/C15H20ClN3O2/c1-4-20-14(10(2)3)15-18-13(21-19-15)9-17-12-7-5-11(16)6-8-12/h5-8,10,14,17H,4,9H2,1-3H3. The van der Waals surface area contributed by atoms with Crippen molar-refractivity contribution < 1.29 is 9.26 Å². The molecule has 21 heavy (non-hydrogen) atoms. The molecule has 0 aliphatic carbocycles. The van der Waals surface area contributed by atoms with Gasteiger partial charge in [0.05, 0.1) is 6.54 Å². The summed E-state index contributed by atoms with van der Waals surface area (Å²) in [6.45, 7) is 7.18. The monoisotopic (exact) mass is 309 g/mol. The Kier molecular flexibility index (Phi) is 5.59. The van der Waals surface area contributed by atoms with Crippen molar-refractivity contribution in [2.75, 3.05) is 11.9 Å². The Hall–Kier alpha value is -1.59. The van der Waals surface area contributed by atoms with Gasteiger partial charge in [0.2, 0.25) is 11.7 Å². The number of halogens is 1. The number of nitrogens with zero attached hydrogens (tertiary/aromatic N) is 2. The van der Waals surface area contributed by atoms with E-state index in [4.69, 9.17) is 20.9 Å². The minimum atomic E-state index is -0.136. The van der Waals surface area contributed by atoms with Gasteiger partial charge in [-0.3, -0.25) is 0 Å². The number of rotatable bonds is 7. The molecule has 1 atom stereocenters. The fourth-order valence-electron chi connectivity index (χ4n) is 1.95. The molecule has 1 aromatic heterocycles. The predicted octanol–water partition coefficient (Wildman–Crippen LogP) is 4.07. The molecule has 5 nitrogen and oxygen atoms in total. The molecule has 1 heterocycles. The number of hydrogen-bond donors (Lipinski definition) is 1. The molecule has 1 N–H and O–H groups in total. The zero-order valence-corrected chi connectivity index (χ0v) is 13.2. The summed E-state index contributed by atoms with van der Waals surface area (Å²) in [6, 6.07) is 7.45. The molecule has 0 aliphatic heterocycles.